The standard InChI is InChI=1S/C12H18N2O2/c1-8(2)10-7-9(3)13-11(14-10)5-6-12(15)16-4/h7-8H,5-6H2,1-4H3. The van der Waals surface area contributed by atoms with E-state index in [0.717, 1.165) is 11.4 Å². The predicted octanol–water partition coefficient (Wildman–Crippen LogP) is 2.01. The molecule has 0 radical (unpaired) electrons. The second kappa shape index (κ2) is 5.58. The number of carbonyl (C=O) groups is 1. The van der Waals surface area contributed by atoms with Crippen molar-refractivity contribution >= 4 is 5.97 Å². The van der Waals surface area contributed by atoms with E-state index in [4.69, 9.17) is 0 Å². The molecule has 88 valence electrons. The zero-order valence-electron chi connectivity index (χ0n) is 10.3. The summed E-state index contributed by atoms with van der Waals surface area (Å²) in [6, 6.07) is 1.98. The zero-order valence-corrected chi connectivity index (χ0v) is 10.3. The van der Waals surface area contributed by atoms with Crippen molar-refractivity contribution in [3.05, 3.63) is 23.3 Å². The van der Waals surface area contributed by atoms with E-state index in [9.17, 15) is 4.79 Å². The van der Waals surface area contributed by atoms with Crippen molar-refractivity contribution in [2.75, 3.05) is 7.11 Å². The van der Waals surface area contributed by atoms with E-state index in [-0.39, 0.29) is 5.97 Å². The summed E-state index contributed by atoms with van der Waals surface area (Å²) in [5.74, 6) is 0.865. The van der Waals surface area contributed by atoms with Gasteiger partial charge in [-0.3, -0.25) is 4.79 Å². The molecule has 16 heavy (non-hydrogen) atoms. The van der Waals surface area contributed by atoms with Crippen LogP contribution in [0.5, 0.6) is 0 Å². The Morgan fingerprint density at radius 3 is 2.69 bits per heavy atom. The van der Waals surface area contributed by atoms with Gasteiger partial charge in [0.05, 0.1) is 13.5 Å². The first-order valence-electron chi connectivity index (χ1n) is 5.44. The molecule has 1 heterocycles. The summed E-state index contributed by atoms with van der Waals surface area (Å²) in [6.07, 6.45) is 0.867. The third kappa shape index (κ3) is 3.61. The summed E-state index contributed by atoms with van der Waals surface area (Å²) in [5.41, 5.74) is 1.96. The molecule has 0 aliphatic rings. The lowest BCUT2D eigenvalue weighted by Crippen LogP contribution is -2.07. The smallest absolute Gasteiger partial charge is 0.305 e. The minimum atomic E-state index is -0.226. The monoisotopic (exact) mass is 222 g/mol. The Morgan fingerprint density at radius 1 is 1.44 bits per heavy atom. The molecule has 0 N–H and O–H groups in total. The fraction of sp³-hybridized carbons (Fsp3) is 0.583. The van der Waals surface area contributed by atoms with Crippen molar-refractivity contribution in [3.8, 4) is 0 Å². The molecule has 4 nitrogen and oxygen atoms in total. The van der Waals surface area contributed by atoms with E-state index in [1.807, 2.05) is 13.0 Å². The SMILES string of the molecule is COC(=O)CCc1nc(C)cc(C(C)C)n1. The van der Waals surface area contributed by atoms with Crippen LogP contribution in [0, 0.1) is 6.92 Å². The normalized spacial score (nSPS) is 10.6. The van der Waals surface area contributed by atoms with E-state index in [1.165, 1.54) is 7.11 Å². The van der Waals surface area contributed by atoms with Crippen LogP contribution in [0.2, 0.25) is 0 Å². The van der Waals surface area contributed by atoms with Gasteiger partial charge in [0.1, 0.15) is 5.82 Å². The predicted molar refractivity (Wildman–Crippen MR) is 61.2 cm³/mol. The number of nitrogens with zero attached hydrogens (tertiary/aromatic N) is 2. The Morgan fingerprint density at radius 2 is 2.12 bits per heavy atom. The Bertz CT molecular complexity index is 375. The Hall–Kier alpha value is -1.45. The number of ether oxygens (including phenoxy) is 1. The number of aryl methyl sites for hydroxylation is 2. The summed E-state index contributed by atoms with van der Waals surface area (Å²) >= 11 is 0. The van der Waals surface area contributed by atoms with Gasteiger partial charge in [0, 0.05) is 17.8 Å². The first-order chi connectivity index (χ1) is 7.52. The maximum atomic E-state index is 11.0. The molecule has 0 amide bonds. The van der Waals surface area contributed by atoms with Crippen LogP contribution in [0.15, 0.2) is 6.07 Å². The number of hydrogen-bond donors (Lipinski definition) is 0. The molecule has 0 aliphatic heterocycles. The topological polar surface area (TPSA) is 52.1 Å². The Labute approximate surface area is 96.1 Å². The van der Waals surface area contributed by atoms with E-state index >= 15 is 0 Å². The minimum absolute atomic E-state index is 0.226. The number of methoxy groups -OCH3 is 1. The van der Waals surface area contributed by atoms with E-state index in [0.29, 0.717) is 24.6 Å². The molecule has 0 aliphatic carbocycles. The van der Waals surface area contributed by atoms with Gasteiger partial charge in [-0.2, -0.15) is 0 Å². The van der Waals surface area contributed by atoms with Crippen LogP contribution in [-0.2, 0) is 16.0 Å². The third-order valence-corrected chi connectivity index (χ3v) is 2.29. The van der Waals surface area contributed by atoms with Gasteiger partial charge in [0.25, 0.3) is 0 Å². The van der Waals surface area contributed by atoms with Gasteiger partial charge in [-0.15, -0.1) is 0 Å². The lowest BCUT2D eigenvalue weighted by atomic mass is 10.1. The molecule has 0 bridgehead atoms. The molecule has 0 fully saturated rings. The van der Waals surface area contributed by atoms with E-state index < -0.39 is 0 Å². The highest BCUT2D eigenvalue weighted by atomic mass is 16.5. The molecule has 1 aromatic rings. The molecule has 0 spiro atoms. The molecule has 1 aromatic heterocycles. The minimum Gasteiger partial charge on any atom is -0.469 e. The number of esters is 1. The molecule has 0 aromatic carbocycles. The molecule has 1 rings (SSSR count). The van der Waals surface area contributed by atoms with Crippen LogP contribution in [0.3, 0.4) is 0 Å². The van der Waals surface area contributed by atoms with Crippen molar-refractivity contribution in [1.29, 1.82) is 0 Å². The zero-order chi connectivity index (χ0) is 12.1. The van der Waals surface area contributed by atoms with Gasteiger partial charge >= 0.3 is 5.97 Å². The van der Waals surface area contributed by atoms with Gasteiger partial charge in [0.15, 0.2) is 0 Å². The summed E-state index contributed by atoms with van der Waals surface area (Å²) in [5, 5.41) is 0. The van der Waals surface area contributed by atoms with Crippen molar-refractivity contribution in [1.82, 2.24) is 9.97 Å². The van der Waals surface area contributed by atoms with Crippen molar-refractivity contribution < 1.29 is 9.53 Å². The molecular weight excluding hydrogens is 204 g/mol. The summed E-state index contributed by atoms with van der Waals surface area (Å²) in [4.78, 5) is 19.7. The highest BCUT2D eigenvalue weighted by Crippen LogP contribution is 2.13. The number of hydrogen-bond acceptors (Lipinski definition) is 4. The van der Waals surface area contributed by atoms with Crippen molar-refractivity contribution in [2.45, 2.75) is 39.5 Å². The first kappa shape index (κ1) is 12.6. The highest BCUT2D eigenvalue weighted by Gasteiger charge is 2.08. The Balaban J connectivity index is 2.76. The second-order valence-corrected chi connectivity index (χ2v) is 4.08. The third-order valence-electron chi connectivity index (χ3n) is 2.29. The lowest BCUT2D eigenvalue weighted by Gasteiger charge is -2.08. The molecule has 0 unspecified atom stereocenters. The molecular formula is C12H18N2O2. The van der Waals surface area contributed by atoms with Crippen LogP contribution in [-0.4, -0.2) is 23.0 Å². The van der Waals surface area contributed by atoms with Gasteiger partial charge < -0.3 is 4.74 Å². The van der Waals surface area contributed by atoms with Crippen LogP contribution >= 0.6 is 0 Å². The van der Waals surface area contributed by atoms with Crippen molar-refractivity contribution in [3.63, 3.8) is 0 Å². The molecule has 0 atom stereocenters. The first-order valence-corrected chi connectivity index (χ1v) is 5.44. The van der Waals surface area contributed by atoms with Gasteiger partial charge in [-0.05, 0) is 18.9 Å². The molecule has 0 saturated heterocycles. The van der Waals surface area contributed by atoms with Crippen LogP contribution in [0.1, 0.15) is 43.4 Å². The number of aromatic nitrogens is 2. The van der Waals surface area contributed by atoms with Gasteiger partial charge in [-0.1, -0.05) is 13.8 Å². The van der Waals surface area contributed by atoms with E-state index in [2.05, 4.69) is 28.6 Å². The Kier molecular flexibility index (Phi) is 4.40. The quantitative estimate of drug-likeness (QED) is 0.731. The van der Waals surface area contributed by atoms with Crippen molar-refractivity contribution in [2.24, 2.45) is 0 Å². The average molecular weight is 222 g/mol. The maximum absolute atomic E-state index is 11.0. The average Bonchev–Trinajstić information content (AvgIpc) is 2.25. The number of rotatable bonds is 4. The fourth-order valence-corrected chi connectivity index (χ4v) is 1.38. The second-order valence-electron chi connectivity index (χ2n) is 4.08. The summed E-state index contributed by atoms with van der Waals surface area (Å²) < 4.78 is 4.59. The lowest BCUT2D eigenvalue weighted by molar-refractivity contribution is -0.140. The van der Waals surface area contributed by atoms with Gasteiger partial charge in [0.2, 0.25) is 0 Å². The van der Waals surface area contributed by atoms with Gasteiger partial charge in [-0.25, -0.2) is 9.97 Å². The van der Waals surface area contributed by atoms with Crippen LogP contribution in [0.4, 0.5) is 0 Å². The number of carbonyl (C=O) groups excluding carboxylic acids is 1. The summed E-state index contributed by atoms with van der Waals surface area (Å²) in [7, 11) is 1.39. The molecule has 0 saturated carbocycles. The van der Waals surface area contributed by atoms with Crippen LogP contribution < -0.4 is 0 Å². The van der Waals surface area contributed by atoms with E-state index in [1.54, 1.807) is 0 Å². The fourth-order valence-electron chi connectivity index (χ4n) is 1.38. The highest BCUT2D eigenvalue weighted by molar-refractivity contribution is 5.69. The largest absolute Gasteiger partial charge is 0.469 e. The van der Waals surface area contributed by atoms with Crippen LogP contribution in [0.25, 0.3) is 0 Å². The molecule has 4 heteroatoms. The summed E-state index contributed by atoms with van der Waals surface area (Å²) in [6.45, 7) is 6.12. The maximum Gasteiger partial charge on any atom is 0.305 e.